The van der Waals surface area contributed by atoms with Crippen LogP contribution in [0.15, 0.2) is 59.7 Å². The largest absolute Gasteiger partial charge is 0.318 e. The molecular weight excluding hydrogens is 312 g/mol. The Labute approximate surface area is 147 Å². The lowest BCUT2D eigenvalue weighted by Crippen LogP contribution is -2.25. The molecule has 0 radical (unpaired) electrons. The van der Waals surface area contributed by atoms with Gasteiger partial charge in [0, 0.05) is 5.92 Å². The zero-order chi connectivity index (χ0) is 17.8. The van der Waals surface area contributed by atoms with Crippen molar-refractivity contribution in [3.63, 3.8) is 0 Å². The highest BCUT2D eigenvalue weighted by molar-refractivity contribution is 5.99. The first kappa shape index (κ1) is 16.9. The minimum Gasteiger partial charge on any atom is -0.318 e. The summed E-state index contributed by atoms with van der Waals surface area (Å²) in [7, 11) is 0. The fourth-order valence-electron chi connectivity index (χ4n) is 2.77. The molecule has 2 aromatic carbocycles. The Morgan fingerprint density at radius 2 is 1.80 bits per heavy atom. The lowest BCUT2D eigenvalue weighted by atomic mass is 10.1. The number of fused-ring (bicyclic) bond motifs is 1. The second-order valence-corrected chi connectivity index (χ2v) is 6.30. The van der Waals surface area contributed by atoms with E-state index in [1.807, 2.05) is 66.1 Å². The highest BCUT2D eigenvalue weighted by Crippen LogP contribution is 2.21. The van der Waals surface area contributed by atoms with Gasteiger partial charge < -0.3 is 4.57 Å². The molecular formula is C20H22N4O. The van der Waals surface area contributed by atoms with E-state index in [4.69, 9.17) is 0 Å². The molecule has 0 saturated heterocycles. The van der Waals surface area contributed by atoms with Crippen molar-refractivity contribution in [1.82, 2.24) is 15.0 Å². The van der Waals surface area contributed by atoms with Crippen molar-refractivity contribution in [1.29, 1.82) is 0 Å². The number of nitrogens with zero attached hydrogens (tertiary/aromatic N) is 3. The summed E-state index contributed by atoms with van der Waals surface area (Å²) in [5.74, 6) is 0.968. The predicted octanol–water partition coefficient (Wildman–Crippen LogP) is 3.70. The zero-order valence-electron chi connectivity index (χ0n) is 14.7. The van der Waals surface area contributed by atoms with Crippen LogP contribution in [0.5, 0.6) is 0 Å². The van der Waals surface area contributed by atoms with Crippen LogP contribution < -0.4 is 5.43 Å². The van der Waals surface area contributed by atoms with Crippen LogP contribution in [0.4, 0.5) is 0 Å². The molecule has 0 unspecified atom stereocenters. The maximum Gasteiger partial charge on any atom is 0.260 e. The van der Waals surface area contributed by atoms with E-state index in [0.29, 0.717) is 0 Å². The Balaban J connectivity index is 1.79. The Morgan fingerprint density at radius 1 is 1.12 bits per heavy atom. The van der Waals surface area contributed by atoms with Gasteiger partial charge in [0.05, 0.1) is 16.7 Å². The van der Waals surface area contributed by atoms with Gasteiger partial charge in [0.1, 0.15) is 12.4 Å². The summed E-state index contributed by atoms with van der Waals surface area (Å²) in [4.78, 5) is 17.1. The number of aromatic nitrogens is 2. The first-order valence-electron chi connectivity index (χ1n) is 8.40. The third-order valence-electron chi connectivity index (χ3n) is 4.04. The normalized spacial score (nSPS) is 11.9. The number of para-hydroxylation sites is 2. The van der Waals surface area contributed by atoms with E-state index >= 15 is 0 Å². The number of imidazole rings is 1. The second-order valence-electron chi connectivity index (χ2n) is 6.30. The van der Waals surface area contributed by atoms with Crippen molar-refractivity contribution in [2.75, 3.05) is 0 Å². The molecule has 0 atom stereocenters. The van der Waals surface area contributed by atoms with Gasteiger partial charge in [-0.1, -0.05) is 56.3 Å². The van der Waals surface area contributed by atoms with E-state index < -0.39 is 0 Å². The van der Waals surface area contributed by atoms with Gasteiger partial charge in [-0.25, -0.2) is 10.4 Å². The molecule has 3 rings (SSSR count). The molecule has 1 N–H and O–H groups in total. The molecule has 0 aliphatic rings. The third kappa shape index (κ3) is 3.76. The minimum atomic E-state index is -0.166. The monoisotopic (exact) mass is 334 g/mol. The summed E-state index contributed by atoms with van der Waals surface area (Å²) in [5.41, 5.74) is 6.28. The highest BCUT2D eigenvalue weighted by atomic mass is 16.2. The zero-order valence-corrected chi connectivity index (χ0v) is 14.7. The molecule has 0 bridgehead atoms. The van der Waals surface area contributed by atoms with E-state index in [2.05, 4.69) is 29.4 Å². The molecule has 5 nitrogen and oxygen atoms in total. The van der Waals surface area contributed by atoms with Gasteiger partial charge in [-0.2, -0.15) is 5.10 Å². The molecule has 0 saturated carbocycles. The van der Waals surface area contributed by atoms with Crippen LogP contribution >= 0.6 is 0 Å². The average molecular weight is 334 g/mol. The van der Waals surface area contributed by atoms with Crippen molar-refractivity contribution in [2.24, 2.45) is 5.10 Å². The Bertz CT molecular complexity index is 910. The van der Waals surface area contributed by atoms with Crippen molar-refractivity contribution < 1.29 is 4.79 Å². The topological polar surface area (TPSA) is 59.3 Å². The Kier molecular flexibility index (Phi) is 4.93. The van der Waals surface area contributed by atoms with E-state index in [0.717, 1.165) is 28.1 Å². The van der Waals surface area contributed by atoms with Gasteiger partial charge in [0.25, 0.3) is 5.91 Å². The standard InChI is InChI=1S/C20H22N4O/c1-14(2)20-21-17-11-7-8-12-18(17)24(20)13-19(25)23-22-15(3)16-9-5-4-6-10-16/h4-12,14H,13H2,1-3H3,(H,23,25)/b22-15+. The summed E-state index contributed by atoms with van der Waals surface area (Å²) in [6, 6.07) is 17.6. The fraction of sp³-hybridized carbons (Fsp3) is 0.250. The van der Waals surface area contributed by atoms with Crippen molar-refractivity contribution in [3.05, 3.63) is 66.0 Å². The van der Waals surface area contributed by atoms with Crippen LogP contribution in [0, 0.1) is 0 Å². The molecule has 5 heteroatoms. The van der Waals surface area contributed by atoms with E-state index in [-0.39, 0.29) is 18.4 Å². The molecule has 1 heterocycles. The van der Waals surface area contributed by atoms with Gasteiger partial charge in [-0.15, -0.1) is 0 Å². The molecule has 0 fully saturated rings. The van der Waals surface area contributed by atoms with Crippen LogP contribution in [-0.4, -0.2) is 21.2 Å². The molecule has 3 aromatic rings. The summed E-state index contributed by atoms with van der Waals surface area (Å²) in [6.45, 7) is 6.22. The predicted molar refractivity (Wildman–Crippen MR) is 101 cm³/mol. The summed E-state index contributed by atoms with van der Waals surface area (Å²) in [6.07, 6.45) is 0. The summed E-state index contributed by atoms with van der Waals surface area (Å²) >= 11 is 0. The Morgan fingerprint density at radius 3 is 2.52 bits per heavy atom. The quantitative estimate of drug-likeness (QED) is 0.571. The molecule has 1 aromatic heterocycles. The van der Waals surface area contributed by atoms with E-state index in [1.165, 1.54) is 0 Å². The van der Waals surface area contributed by atoms with E-state index in [9.17, 15) is 4.79 Å². The number of carbonyl (C=O) groups excluding carboxylic acids is 1. The smallest absolute Gasteiger partial charge is 0.260 e. The maximum absolute atomic E-state index is 12.4. The number of hydrazone groups is 1. The van der Waals surface area contributed by atoms with Crippen LogP contribution in [0.1, 0.15) is 38.1 Å². The van der Waals surface area contributed by atoms with Crippen molar-refractivity contribution in [2.45, 2.75) is 33.2 Å². The molecule has 0 aliphatic carbocycles. The average Bonchev–Trinajstić information content (AvgIpc) is 2.99. The van der Waals surface area contributed by atoms with E-state index in [1.54, 1.807) is 0 Å². The van der Waals surface area contributed by atoms with Crippen molar-refractivity contribution >= 4 is 22.7 Å². The minimum absolute atomic E-state index is 0.166. The highest BCUT2D eigenvalue weighted by Gasteiger charge is 2.15. The second kappa shape index (κ2) is 7.30. The lowest BCUT2D eigenvalue weighted by molar-refractivity contribution is -0.121. The van der Waals surface area contributed by atoms with Gasteiger partial charge in [0.2, 0.25) is 0 Å². The number of hydrogen-bond acceptors (Lipinski definition) is 3. The number of nitrogens with one attached hydrogen (secondary N) is 1. The summed E-state index contributed by atoms with van der Waals surface area (Å²) in [5, 5.41) is 4.21. The summed E-state index contributed by atoms with van der Waals surface area (Å²) < 4.78 is 1.96. The fourth-order valence-corrected chi connectivity index (χ4v) is 2.77. The first-order valence-corrected chi connectivity index (χ1v) is 8.40. The van der Waals surface area contributed by atoms with Crippen LogP contribution in [0.2, 0.25) is 0 Å². The van der Waals surface area contributed by atoms with Gasteiger partial charge in [-0.05, 0) is 24.6 Å². The van der Waals surface area contributed by atoms with Crippen LogP contribution in [0.25, 0.3) is 11.0 Å². The number of rotatable bonds is 5. The number of carbonyl (C=O) groups is 1. The number of benzene rings is 2. The SMILES string of the molecule is C/C(=N\NC(=O)Cn1c(C(C)C)nc2ccccc21)c1ccccc1. The maximum atomic E-state index is 12.4. The van der Waals surface area contributed by atoms with Crippen molar-refractivity contribution in [3.8, 4) is 0 Å². The Hall–Kier alpha value is -2.95. The molecule has 0 spiro atoms. The molecule has 25 heavy (non-hydrogen) atoms. The van der Waals surface area contributed by atoms with Gasteiger partial charge in [-0.3, -0.25) is 4.79 Å². The van der Waals surface area contributed by atoms with Crippen LogP contribution in [-0.2, 0) is 11.3 Å². The molecule has 0 aliphatic heterocycles. The third-order valence-corrected chi connectivity index (χ3v) is 4.04. The van der Waals surface area contributed by atoms with Gasteiger partial charge in [0.15, 0.2) is 0 Å². The molecule has 128 valence electrons. The van der Waals surface area contributed by atoms with Gasteiger partial charge >= 0.3 is 0 Å². The number of hydrogen-bond donors (Lipinski definition) is 1. The number of amides is 1. The van der Waals surface area contributed by atoms with Crippen LogP contribution in [0.3, 0.4) is 0 Å². The first-order chi connectivity index (χ1) is 12.1. The molecule has 1 amide bonds. The lowest BCUT2D eigenvalue weighted by Gasteiger charge is -2.10.